The zero-order chi connectivity index (χ0) is 59.2. The van der Waals surface area contributed by atoms with Crippen LogP contribution in [0.5, 0.6) is 0 Å². The van der Waals surface area contributed by atoms with E-state index >= 15 is 0 Å². The Bertz CT molecular complexity index is 1920. The molecule has 6 heteroatoms. The molecule has 0 aliphatic rings. The van der Waals surface area contributed by atoms with Gasteiger partial charge in [0.05, 0.1) is 0 Å². The van der Waals surface area contributed by atoms with Gasteiger partial charge in [-0.05, 0) is 148 Å². The molecule has 0 radical (unpaired) electrons. The largest absolute Gasteiger partial charge is 0.462 e. The SMILES string of the molecule is CC/C=C\C/C=C\C/C=C\C/C=C\C/C=C\C/C=C\C/C=C\C/C=C\CCCCC(=O)OCC(COC(=O)CCCCCCCCC/C=C\CCCCCCCCC)OC(=O)CC/C=C\C/C=C\C/C=C\C/C=C\C/C=C\C/C=C\CC. The summed E-state index contributed by atoms with van der Waals surface area (Å²) >= 11 is 0. The van der Waals surface area contributed by atoms with Crippen molar-refractivity contribution in [3.8, 4) is 0 Å². The van der Waals surface area contributed by atoms with Gasteiger partial charge >= 0.3 is 17.9 Å². The Labute approximate surface area is 504 Å². The van der Waals surface area contributed by atoms with Crippen molar-refractivity contribution in [3.05, 3.63) is 182 Å². The topological polar surface area (TPSA) is 78.9 Å². The molecule has 0 aliphatic carbocycles. The molecule has 0 bridgehead atoms. The Hall–Kier alpha value is -5.49. The number of hydrogen-bond donors (Lipinski definition) is 0. The monoisotopic (exact) mass is 1130 g/mol. The highest BCUT2D eigenvalue weighted by Gasteiger charge is 2.19. The Kier molecular flexibility index (Phi) is 63.5. The summed E-state index contributed by atoms with van der Waals surface area (Å²) in [5, 5.41) is 0. The lowest BCUT2D eigenvalue weighted by molar-refractivity contribution is -0.166. The van der Waals surface area contributed by atoms with Crippen LogP contribution in [-0.4, -0.2) is 37.2 Å². The molecule has 458 valence electrons. The molecule has 0 aliphatic heterocycles. The summed E-state index contributed by atoms with van der Waals surface area (Å²) in [6, 6.07) is 0. The van der Waals surface area contributed by atoms with Gasteiger partial charge in [0.2, 0.25) is 0 Å². The van der Waals surface area contributed by atoms with Crippen LogP contribution >= 0.6 is 0 Å². The van der Waals surface area contributed by atoms with Crippen molar-refractivity contribution in [2.24, 2.45) is 0 Å². The lowest BCUT2D eigenvalue weighted by Crippen LogP contribution is -2.30. The van der Waals surface area contributed by atoms with Crippen molar-refractivity contribution in [1.29, 1.82) is 0 Å². The van der Waals surface area contributed by atoms with Gasteiger partial charge in [0.25, 0.3) is 0 Å². The molecule has 0 N–H and O–H groups in total. The molecule has 82 heavy (non-hydrogen) atoms. The van der Waals surface area contributed by atoms with E-state index in [0.717, 1.165) is 122 Å². The minimum absolute atomic E-state index is 0.133. The van der Waals surface area contributed by atoms with Crippen LogP contribution in [0.1, 0.15) is 258 Å². The summed E-state index contributed by atoms with van der Waals surface area (Å²) in [5.41, 5.74) is 0. The van der Waals surface area contributed by atoms with E-state index in [4.69, 9.17) is 14.2 Å². The number of ether oxygens (including phenoxy) is 3. The van der Waals surface area contributed by atoms with Crippen molar-refractivity contribution >= 4 is 17.9 Å². The fourth-order valence-electron chi connectivity index (χ4n) is 8.30. The highest BCUT2D eigenvalue weighted by Crippen LogP contribution is 2.13. The highest BCUT2D eigenvalue weighted by atomic mass is 16.6. The normalized spacial score (nSPS) is 13.4. The van der Waals surface area contributed by atoms with E-state index < -0.39 is 12.1 Å². The molecule has 6 nitrogen and oxygen atoms in total. The van der Waals surface area contributed by atoms with Gasteiger partial charge in [-0.3, -0.25) is 14.4 Å². The third kappa shape index (κ3) is 65.3. The van der Waals surface area contributed by atoms with Crippen LogP contribution < -0.4 is 0 Å². The maximum absolute atomic E-state index is 12.9. The summed E-state index contributed by atoms with van der Waals surface area (Å²) < 4.78 is 16.8. The van der Waals surface area contributed by atoms with Crippen LogP contribution in [0.3, 0.4) is 0 Å². The minimum atomic E-state index is -0.851. The number of allylic oxidation sites excluding steroid dienone is 30. The quantitative estimate of drug-likeness (QED) is 0.0261. The average Bonchev–Trinajstić information content (AvgIpc) is 3.47. The summed E-state index contributed by atoms with van der Waals surface area (Å²) in [4.78, 5) is 38.3. The van der Waals surface area contributed by atoms with Crippen LogP contribution in [0.15, 0.2) is 182 Å². The van der Waals surface area contributed by atoms with Crippen molar-refractivity contribution in [1.82, 2.24) is 0 Å². The minimum Gasteiger partial charge on any atom is -0.462 e. The molecule has 0 spiro atoms. The third-order valence-corrected chi connectivity index (χ3v) is 13.1. The second-order valence-electron chi connectivity index (χ2n) is 20.9. The van der Waals surface area contributed by atoms with E-state index in [1.54, 1.807) is 0 Å². The molecule has 0 rings (SSSR count). The van der Waals surface area contributed by atoms with E-state index in [2.05, 4.69) is 191 Å². The van der Waals surface area contributed by atoms with E-state index in [9.17, 15) is 14.4 Å². The highest BCUT2D eigenvalue weighted by molar-refractivity contribution is 5.71. The first-order valence-electron chi connectivity index (χ1n) is 32.8. The Morgan fingerprint density at radius 2 is 0.500 bits per heavy atom. The molecular formula is C76H118O6. The summed E-state index contributed by atoms with van der Waals surface area (Å²) in [6.07, 6.45) is 102. The first kappa shape index (κ1) is 76.5. The van der Waals surface area contributed by atoms with Crippen LogP contribution in [0, 0.1) is 0 Å². The van der Waals surface area contributed by atoms with Crippen molar-refractivity contribution in [2.75, 3.05) is 13.2 Å². The maximum Gasteiger partial charge on any atom is 0.306 e. The summed E-state index contributed by atoms with van der Waals surface area (Å²) in [7, 11) is 0. The van der Waals surface area contributed by atoms with Gasteiger partial charge in [-0.15, -0.1) is 0 Å². The average molecular weight is 1130 g/mol. The number of carbonyl (C=O) groups is 3. The fourth-order valence-corrected chi connectivity index (χ4v) is 8.30. The third-order valence-electron chi connectivity index (χ3n) is 13.1. The van der Waals surface area contributed by atoms with Gasteiger partial charge < -0.3 is 14.2 Å². The molecule has 1 atom stereocenters. The van der Waals surface area contributed by atoms with Gasteiger partial charge in [0, 0.05) is 19.3 Å². The molecule has 0 aromatic carbocycles. The van der Waals surface area contributed by atoms with Crippen molar-refractivity contribution < 1.29 is 28.6 Å². The first-order chi connectivity index (χ1) is 40.5. The number of rotatable bonds is 57. The predicted octanol–water partition coefficient (Wildman–Crippen LogP) is 22.8. The standard InChI is InChI=1S/C76H118O6/c1-4-7-10-13-16-19-22-25-28-31-34-35-36-37-38-39-40-41-43-45-48-51-54-57-60-63-66-69-75(78)81-72-73(71-80-74(77)68-65-62-59-56-53-50-47-44-33-30-27-24-21-18-15-12-9-6-3)82-76(79)70-67-64-61-58-55-52-49-46-42-32-29-26-23-20-17-14-11-8-5-2/h7-8,10-11,16-17,19-20,25-26,28-30,33-35,37-38,40-42,45-46,48,52,54-55,57,61,64,73H,4-6,9,12-15,18,21-24,27,31-32,36,39,43-44,47,49-51,53,56,58-60,62-63,65-72H2,1-3H3/b10-7-,11-8-,19-16-,20-17-,28-25-,29-26-,33-30-,35-34-,38-37-,41-40-,46-42-,48-45-,55-52-,57-54-,64-61-. The molecule has 0 aromatic heterocycles. The molecule has 0 heterocycles. The van der Waals surface area contributed by atoms with Gasteiger partial charge in [0.1, 0.15) is 13.2 Å². The smallest absolute Gasteiger partial charge is 0.306 e. The van der Waals surface area contributed by atoms with Gasteiger partial charge in [-0.2, -0.15) is 0 Å². The Balaban J connectivity index is 4.59. The lowest BCUT2D eigenvalue weighted by Gasteiger charge is -2.18. The van der Waals surface area contributed by atoms with E-state index in [1.165, 1.54) is 83.5 Å². The molecule has 0 aromatic rings. The van der Waals surface area contributed by atoms with Gasteiger partial charge in [0.15, 0.2) is 6.10 Å². The molecule has 0 saturated carbocycles. The number of esters is 3. The van der Waals surface area contributed by atoms with Crippen molar-refractivity contribution in [2.45, 2.75) is 264 Å². The number of unbranched alkanes of at least 4 members (excludes halogenated alkanes) is 16. The Morgan fingerprint density at radius 3 is 0.829 bits per heavy atom. The number of carbonyl (C=O) groups excluding carboxylic acids is 3. The lowest BCUT2D eigenvalue weighted by atomic mass is 10.1. The second kappa shape index (κ2) is 68.0. The Morgan fingerprint density at radius 1 is 0.256 bits per heavy atom. The molecule has 0 fully saturated rings. The predicted molar refractivity (Wildman–Crippen MR) is 357 cm³/mol. The van der Waals surface area contributed by atoms with Crippen LogP contribution in [0.2, 0.25) is 0 Å². The number of hydrogen-bond acceptors (Lipinski definition) is 6. The molecular weight excluding hydrogens is 1010 g/mol. The maximum atomic E-state index is 12.9. The fraction of sp³-hybridized carbons (Fsp3) is 0.566. The van der Waals surface area contributed by atoms with E-state index in [0.29, 0.717) is 19.3 Å². The molecule has 1 unspecified atom stereocenters. The first-order valence-corrected chi connectivity index (χ1v) is 32.8. The van der Waals surface area contributed by atoms with Gasteiger partial charge in [-0.1, -0.05) is 274 Å². The van der Waals surface area contributed by atoms with Crippen molar-refractivity contribution in [3.63, 3.8) is 0 Å². The molecule has 0 saturated heterocycles. The van der Waals surface area contributed by atoms with E-state index in [-0.39, 0.29) is 38.0 Å². The summed E-state index contributed by atoms with van der Waals surface area (Å²) in [5.74, 6) is -1.07. The van der Waals surface area contributed by atoms with Crippen LogP contribution in [0.25, 0.3) is 0 Å². The summed E-state index contributed by atoms with van der Waals surface area (Å²) in [6.45, 7) is 6.30. The van der Waals surface area contributed by atoms with Crippen LogP contribution in [0.4, 0.5) is 0 Å². The van der Waals surface area contributed by atoms with Gasteiger partial charge in [-0.25, -0.2) is 0 Å². The zero-order valence-corrected chi connectivity index (χ0v) is 52.4. The molecule has 0 amide bonds. The van der Waals surface area contributed by atoms with E-state index in [1.807, 2.05) is 12.2 Å². The second-order valence-corrected chi connectivity index (χ2v) is 20.9. The van der Waals surface area contributed by atoms with Crippen LogP contribution in [-0.2, 0) is 28.6 Å². The zero-order valence-electron chi connectivity index (χ0n) is 52.4.